The summed E-state index contributed by atoms with van der Waals surface area (Å²) in [6, 6.07) is 22.9. The van der Waals surface area contributed by atoms with Crippen molar-refractivity contribution in [2.75, 3.05) is 0 Å². The summed E-state index contributed by atoms with van der Waals surface area (Å²) in [5.74, 6) is 10.3. The van der Waals surface area contributed by atoms with Gasteiger partial charge in [-0.25, -0.2) is 0 Å². The van der Waals surface area contributed by atoms with Gasteiger partial charge in [-0.3, -0.25) is 0 Å². The maximum Gasteiger partial charge on any atom is 0.124 e. The largest absolute Gasteiger partial charge is 0.507 e. The molecule has 214 valence electrons. The van der Waals surface area contributed by atoms with Crippen LogP contribution in [0, 0.1) is 61.2 Å². The summed E-state index contributed by atoms with van der Waals surface area (Å²) in [4.78, 5) is 0. The number of phenols is 2. The van der Waals surface area contributed by atoms with Gasteiger partial charge in [0, 0.05) is 32.8 Å². The minimum atomic E-state index is 0. The Balaban J connectivity index is 0.000000150. The Morgan fingerprint density at radius 2 is 0.884 bits per heavy atom. The SMILES string of the molecule is Oc1ccc2ccccc2c1-c1c(O)ccc2ccccc12.[CH]1[CH][C](CC[C]2[CH][CH][C]3CCCC[C]32)[C]2CCCC[C]12.[Ti]. The second kappa shape index (κ2) is 13.8. The first-order chi connectivity index (χ1) is 20.7. The molecule has 3 heteroatoms. The summed E-state index contributed by atoms with van der Waals surface area (Å²) in [7, 11) is 0. The smallest absolute Gasteiger partial charge is 0.124 e. The van der Waals surface area contributed by atoms with Crippen LogP contribution in [0.4, 0.5) is 0 Å². The molecule has 0 saturated heterocycles. The number of phenolic OH excluding ortho intramolecular Hbond substituents is 2. The molecule has 0 aromatic heterocycles. The van der Waals surface area contributed by atoms with E-state index in [1.807, 2.05) is 60.7 Å². The number of fused-ring (bicyclic) bond motifs is 4. The molecule has 4 saturated carbocycles. The molecule has 2 N–H and O–H groups in total. The molecule has 0 bridgehead atoms. The minimum Gasteiger partial charge on any atom is -0.507 e. The van der Waals surface area contributed by atoms with Crippen LogP contribution in [-0.4, -0.2) is 10.2 Å². The fourth-order valence-corrected chi connectivity index (χ4v) is 7.35. The zero-order valence-electron chi connectivity index (χ0n) is 24.7. The molecule has 0 unspecified atom stereocenters. The van der Waals surface area contributed by atoms with Crippen LogP contribution in [-0.2, 0) is 21.7 Å². The van der Waals surface area contributed by atoms with Crippen LogP contribution in [0.3, 0.4) is 0 Å². The normalized spacial score (nSPS) is 20.5. The van der Waals surface area contributed by atoms with Crippen molar-refractivity contribution in [2.24, 2.45) is 0 Å². The molecular formula is C40H38O2Ti. The predicted octanol–water partition coefficient (Wildman–Crippen LogP) is 10.3. The second-order valence-electron chi connectivity index (χ2n) is 12.0. The number of hydrogen-bond donors (Lipinski definition) is 2. The van der Waals surface area contributed by atoms with Crippen molar-refractivity contribution >= 4 is 21.5 Å². The second-order valence-corrected chi connectivity index (χ2v) is 12.0. The quantitative estimate of drug-likeness (QED) is 0.230. The van der Waals surface area contributed by atoms with Crippen LogP contribution >= 0.6 is 0 Å². The van der Waals surface area contributed by atoms with Gasteiger partial charge < -0.3 is 10.2 Å². The van der Waals surface area contributed by atoms with Gasteiger partial charge in [-0.1, -0.05) is 86.3 Å². The molecule has 4 fully saturated rings. The maximum absolute atomic E-state index is 10.4. The van der Waals surface area contributed by atoms with Crippen molar-refractivity contribution in [3.8, 4) is 22.6 Å². The van der Waals surface area contributed by atoms with Gasteiger partial charge in [0.2, 0.25) is 0 Å². The third-order valence-electron chi connectivity index (χ3n) is 9.50. The molecule has 10 radical (unpaired) electrons. The zero-order chi connectivity index (χ0) is 28.5. The summed E-state index contributed by atoms with van der Waals surface area (Å²) >= 11 is 0. The Morgan fingerprint density at radius 1 is 0.465 bits per heavy atom. The van der Waals surface area contributed by atoms with Crippen LogP contribution in [0.15, 0.2) is 72.8 Å². The number of benzene rings is 4. The topological polar surface area (TPSA) is 40.5 Å². The van der Waals surface area contributed by atoms with E-state index in [1.165, 1.54) is 64.2 Å². The molecular weight excluding hydrogens is 560 g/mol. The molecule has 2 nitrogen and oxygen atoms in total. The summed E-state index contributed by atoms with van der Waals surface area (Å²) in [5, 5.41) is 24.8. The first-order valence-electron chi connectivity index (χ1n) is 15.6. The van der Waals surface area contributed by atoms with E-state index in [1.54, 1.807) is 47.6 Å². The van der Waals surface area contributed by atoms with Crippen LogP contribution < -0.4 is 0 Å². The van der Waals surface area contributed by atoms with E-state index in [-0.39, 0.29) is 33.2 Å². The van der Waals surface area contributed by atoms with Crippen LogP contribution in [0.1, 0.15) is 64.2 Å². The van der Waals surface area contributed by atoms with Gasteiger partial charge in [-0.05, 0) is 133 Å². The van der Waals surface area contributed by atoms with E-state index in [2.05, 4.69) is 25.7 Å². The number of hydrogen-bond acceptors (Lipinski definition) is 2. The Hall–Kier alpha value is -2.29. The summed E-state index contributed by atoms with van der Waals surface area (Å²) in [6.07, 6.45) is 23.0. The predicted molar refractivity (Wildman–Crippen MR) is 173 cm³/mol. The van der Waals surface area contributed by atoms with Gasteiger partial charge in [-0.2, -0.15) is 0 Å². The fraction of sp³-hybridized carbons (Fsp3) is 0.250. The number of aromatic hydroxyl groups is 2. The molecule has 4 aliphatic carbocycles. The number of rotatable bonds is 4. The molecule has 4 aromatic carbocycles. The zero-order valence-corrected chi connectivity index (χ0v) is 26.3. The van der Waals surface area contributed by atoms with E-state index >= 15 is 0 Å². The van der Waals surface area contributed by atoms with Crippen molar-refractivity contribution in [2.45, 2.75) is 64.2 Å². The van der Waals surface area contributed by atoms with E-state index in [0.29, 0.717) is 11.1 Å². The van der Waals surface area contributed by atoms with Crippen molar-refractivity contribution in [3.05, 3.63) is 134 Å². The fourth-order valence-electron chi connectivity index (χ4n) is 7.35. The Labute approximate surface area is 273 Å². The minimum absolute atomic E-state index is 0. The monoisotopic (exact) mass is 598 g/mol. The van der Waals surface area contributed by atoms with Crippen LogP contribution in [0.25, 0.3) is 32.7 Å². The molecule has 43 heavy (non-hydrogen) atoms. The Kier molecular flexibility index (Phi) is 9.85. The van der Waals surface area contributed by atoms with E-state index in [9.17, 15) is 10.2 Å². The first-order valence-corrected chi connectivity index (χ1v) is 15.6. The van der Waals surface area contributed by atoms with Crippen molar-refractivity contribution in [1.29, 1.82) is 0 Å². The molecule has 0 amide bonds. The first kappa shape index (κ1) is 30.7. The van der Waals surface area contributed by atoms with E-state index < -0.39 is 0 Å². The van der Waals surface area contributed by atoms with Crippen molar-refractivity contribution in [1.82, 2.24) is 0 Å². The van der Waals surface area contributed by atoms with Gasteiger partial charge in [0.1, 0.15) is 11.5 Å². The molecule has 0 aliphatic heterocycles. The molecule has 4 aliphatic rings. The molecule has 0 heterocycles. The van der Waals surface area contributed by atoms with E-state index in [0.717, 1.165) is 21.5 Å². The summed E-state index contributed by atoms with van der Waals surface area (Å²) < 4.78 is 0. The average Bonchev–Trinajstić information content (AvgIpc) is 3.65. The van der Waals surface area contributed by atoms with Gasteiger partial charge in [0.05, 0.1) is 0 Å². The van der Waals surface area contributed by atoms with Crippen LogP contribution in [0.2, 0.25) is 0 Å². The molecule has 8 rings (SSSR count). The molecule has 4 aromatic rings. The third-order valence-corrected chi connectivity index (χ3v) is 9.50. The third kappa shape index (κ3) is 6.30. The summed E-state index contributed by atoms with van der Waals surface area (Å²) in [6.45, 7) is 0. The molecule has 0 spiro atoms. The van der Waals surface area contributed by atoms with Gasteiger partial charge >= 0.3 is 0 Å². The van der Waals surface area contributed by atoms with Gasteiger partial charge in [-0.15, -0.1) is 0 Å². The van der Waals surface area contributed by atoms with Crippen molar-refractivity contribution < 1.29 is 31.9 Å². The Bertz CT molecular complexity index is 1410. The van der Waals surface area contributed by atoms with Gasteiger partial charge in [0.15, 0.2) is 0 Å². The Morgan fingerprint density at radius 3 is 1.35 bits per heavy atom. The standard InChI is InChI=1S/C20H14O2.C20H24.Ti/c21-17-11-9-13-5-1-3-7-15(13)19(17)20-16-8-4-2-6-14(16)10-12-18(20)22;1-3-7-19-15(5-1)9-11-17(19)13-14-18-12-10-16-6-2-4-8-20(16)18;/h1-12,21-22H;9-12H,1-8,13-14H2;. The maximum atomic E-state index is 10.4. The van der Waals surface area contributed by atoms with Crippen molar-refractivity contribution in [3.63, 3.8) is 0 Å². The van der Waals surface area contributed by atoms with E-state index in [4.69, 9.17) is 0 Å². The summed E-state index contributed by atoms with van der Waals surface area (Å²) in [5.41, 5.74) is 1.35. The van der Waals surface area contributed by atoms with Gasteiger partial charge in [0.25, 0.3) is 0 Å². The van der Waals surface area contributed by atoms with Crippen LogP contribution in [0.5, 0.6) is 11.5 Å². The average molecular weight is 599 g/mol. The molecule has 0 atom stereocenters.